The van der Waals surface area contributed by atoms with Crippen molar-refractivity contribution < 1.29 is 9.53 Å². The van der Waals surface area contributed by atoms with E-state index in [2.05, 4.69) is 14.9 Å². The number of amides is 1. The number of carbonyl (C=O) groups excluding carboxylic acids is 1. The second-order valence-electron chi connectivity index (χ2n) is 6.14. The molecular weight excluding hydrogens is 294 g/mol. The number of likely N-dealkylation sites (N-methyl/N-ethyl adjacent to an activating group) is 1. The predicted octanol–water partition coefficient (Wildman–Crippen LogP) is 0.912. The lowest BCUT2D eigenvalue weighted by atomic mass is 10.2. The number of nitrogens with zero attached hydrogens (tertiary/aromatic N) is 5. The van der Waals surface area contributed by atoms with E-state index < -0.39 is 0 Å². The highest BCUT2D eigenvalue weighted by Gasteiger charge is 2.25. The van der Waals surface area contributed by atoms with Crippen LogP contribution in [-0.2, 0) is 4.74 Å². The van der Waals surface area contributed by atoms with Gasteiger partial charge in [-0.05, 0) is 33.0 Å². The van der Waals surface area contributed by atoms with Crippen LogP contribution in [-0.4, -0.2) is 76.5 Å². The number of aromatic nitrogens is 3. The number of hydrogen-bond donors (Lipinski definition) is 0. The summed E-state index contributed by atoms with van der Waals surface area (Å²) in [6.07, 6.45) is 7.47. The highest BCUT2D eigenvalue weighted by molar-refractivity contribution is 5.92. The zero-order chi connectivity index (χ0) is 16.2. The maximum absolute atomic E-state index is 12.9. The molecule has 0 bridgehead atoms. The van der Waals surface area contributed by atoms with Gasteiger partial charge in [0.25, 0.3) is 5.91 Å². The largest absolute Gasteiger partial charge is 0.376 e. The van der Waals surface area contributed by atoms with E-state index in [9.17, 15) is 4.79 Å². The van der Waals surface area contributed by atoms with Gasteiger partial charge in [-0.25, -0.2) is 9.97 Å². The maximum Gasteiger partial charge on any atom is 0.274 e. The highest BCUT2D eigenvalue weighted by atomic mass is 16.5. The average Bonchev–Trinajstić information content (AvgIpc) is 3.19. The highest BCUT2D eigenvalue weighted by Crippen LogP contribution is 2.15. The number of rotatable bonds is 6. The molecule has 1 atom stereocenters. The summed E-state index contributed by atoms with van der Waals surface area (Å²) < 4.78 is 7.46. The Morgan fingerprint density at radius 2 is 2.30 bits per heavy atom. The molecule has 3 heterocycles. The quantitative estimate of drug-likeness (QED) is 0.792. The molecule has 1 amide bonds. The number of ether oxygens (including phenoxy) is 1. The predicted molar refractivity (Wildman–Crippen MR) is 86.4 cm³/mol. The molecule has 124 valence electrons. The molecule has 0 aromatic carbocycles. The standard InChI is InChI=1S/C16H23N5O2/c1-19(2)8-9-20(11-13-5-3-10-23-13)15(22)14-12-21-7-4-6-17-16(21)18-14/h4,6-7,12-13H,3,5,8-11H2,1-2H3. The molecule has 0 aliphatic carbocycles. The van der Waals surface area contributed by atoms with Crippen molar-refractivity contribution in [3.63, 3.8) is 0 Å². The molecule has 0 spiro atoms. The van der Waals surface area contributed by atoms with Crippen LogP contribution in [0.4, 0.5) is 0 Å². The Bertz CT molecular complexity index is 630. The minimum atomic E-state index is -0.0622. The molecule has 1 aliphatic heterocycles. The summed E-state index contributed by atoms with van der Waals surface area (Å²) in [5, 5.41) is 0. The Hall–Kier alpha value is -1.99. The SMILES string of the molecule is CN(C)CCN(CC1CCCO1)C(=O)c1cn2cccnc2n1. The number of carbonyl (C=O) groups is 1. The second kappa shape index (κ2) is 7.06. The van der Waals surface area contributed by atoms with Crippen molar-refractivity contribution in [2.75, 3.05) is 40.3 Å². The third-order valence-electron chi connectivity index (χ3n) is 4.01. The first-order valence-corrected chi connectivity index (χ1v) is 7.99. The Labute approximate surface area is 135 Å². The number of fused-ring (bicyclic) bond motifs is 1. The minimum Gasteiger partial charge on any atom is -0.376 e. The molecule has 0 radical (unpaired) electrons. The molecule has 1 aliphatic rings. The van der Waals surface area contributed by atoms with Gasteiger partial charge in [0.05, 0.1) is 6.10 Å². The summed E-state index contributed by atoms with van der Waals surface area (Å²) >= 11 is 0. The van der Waals surface area contributed by atoms with E-state index >= 15 is 0 Å². The normalized spacial score (nSPS) is 18.0. The van der Waals surface area contributed by atoms with Crippen LogP contribution in [0, 0.1) is 0 Å². The van der Waals surface area contributed by atoms with E-state index in [1.165, 1.54) is 0 Å². The molecule has 23 heavy (non-hydrogen) atoms. The summed E-state index contributed by atoms with van der Waals surface area (Å²) in [4.78, 5) is 25.3. The van der Waals surface area contributed by atoms with Crippen molar-refractivity contribution in [2.24, 2.45) is 0 Å². The first-order valence-electron chi connectivity index (χ1n) is 7.99. The maximum atomic E-state index is 12.9. The fourth-order valence-electron chi connectivity index (χ4n) is 2.73. The summed E-state index contributed by atoms with van der Waals surface area (Å²) in [5.41, 5.74) is 0.431. The van der Waals surface area contributed by atoms with E-state index in [0.717, 1.165) is 26.0 Å². The zero-order valence-electron chi connectivity index (χ0n) is 13.7. The molecule has 1 saturated heterocycles. The van der Waals surface area contributed by atoms with Crippen LogP contribution in [0.2, 0.25) is 0 Å². The summed E-state index contributed by atoms with van der Waals surface area (Å²) in [7, 11) is 4.01. The van der Waals surface area contributed by atoms with Crippen molar-refractivity contribution in [1.82, 2.24) is 24.2 Å². The Morgan fingerprint density at radius 3 is 3.00 bits per heavy atom. The molecule has 0 saturated carbocycles. The molecule has 0 N–H and O–H groups in total. The van der Waals surface area contributed by atoms with Crippen LogP contribution in [0.15, 0.2) is 24.7 Å². The third kappa shape index (κ3) is 3.86. The van der Waals surface area contributed by atoms with Crippen molar-refractivity contribution in [3.8, 4) is 0 Å². The summed E-state index contributed by atoms with van der Waals surface area (Å²) in [6, 6.07) is 1.82. The smallest absolute Gasteiger partial charge is 0.274 e. The van der Waals surface area contributed by atoms with Crippen molar-refractivity contribution >= 4 is 11.7 Å². The average molecular weight is 317 g/mol. The van der Waals surface area contributed by atoms with Crippen molar-refractivity contribution in [1.29, 1.82) is 0 Å². The number of imidazole rings is 1. The lowest BCUT2D eigenvalue weighted by molar-refractivity contribution is 0.0508. The fourth-order valence-corrected chi connectivity index (χ4v) is 2.73. The van der Waals surface area contributed by atoms with E-state index in [-0.39, 0.29) is 12.0 Å². The van der Waals surface area contributed by atoms with Gasteiger partial charge in [-0.15, -0.1) is 0 Å². The first-order chi connectivity index (χ1) is 11.1. The summed E-state index contributed by atoms with van der Waals surface area (Å²) in [5.74, 6) is 0.480. The molecular formula is C16H23N5O2. The first kappa shape index (κ1) is 15.9. The molecule has 2 aromatic heterocycles. The lowest BCUT2D eigenvalue weighted by Gasteiger charge is -2.26. The molecule has 1 fully saturated rings. The second-order valence-corrected chi connectivity index (χ2v) is 6.14. The van der Waals surface area contributed by atoms with Gasteiger partial charge >= 0.3 is 0 Å². The van der Waals surface area contributed by atoms with Crippen LogP contribution in [0.5, 0.6) is 0 Å². The monoisotopic (exact) mass is 317 g/mol. The lowest BCUT2D eigenvalue weighted by Crippen LogP contribution is -2.41. The number of hydrogen-bond acceptors (Lipinski definition) is 5. The van der Waals surface area contributed by atoms with Gasteiger partial charge in [0.15, 0.2) is 0 Å². The zero-order valence-corrected chi connectivity index (χ0v) is 13.7. The molecule has 3 rings (SSSR count). The van der Waals surface area contributed by atoms with Crippen LogP contribution in [0.25, 0.3) is 5.78 Å². The van der Waals surface area contributed by atoms with E-state index in [1.807, 2.05) is 31.3 Å². The van der Waals surface area contributed by atoms with Gasteiger partial charge in [-0.1, -0.05) is 0 Å². The van der Waals surface area contributed by atoms with Crippen LogP contribution < -0.4 is 0 Å². The van der Waals surface area contributed by atoms with Gasteiger partial charge < -0.3 is 14.5 Å². The van der Waals surface area contributed by atoms with Gasteiger partial charge in [-0.3, -0.25) is 9.20 Å². The Balaban J connectivity index is 1.76. The van der Waals surface area contributed by atoms with Gasteiger partial charge in [0.1, 0.15) is 5.69 Å². The molecule has 1 unspecified atom stereocenters. The van der Waals surface area contributed by atoms with Gasteiger partial charge in [0.2, 0.25) is 5.78 Å². The van der Waals surface area contributed by atoms with E-state index in [4.69, 9.17) is 4.74 Å². The van der Waals surface area contributed by atoms with E-state index in [1.54, 1.807) is 16.8 Å². The summed E-state index contributed by atoms with van der Waals surface area (Å²) in [6.45, 7) is 2.88. The molecule has 7 heteroatoms. The Kier molecular flexibility index (Phi) is 4.88. The minimum absolute atomic E-state index is 0.0622. The molecule has 2 aromatic rings. The van der Waals surface area contributed by atoms with Gasteiger partial charge in [-0.2, -0.15) is 0 Å². The molecule has 7 nitrogen and oxygen atoms in total. The van der Waals surface area contributed by atoms with Gasteiger partial charge in [0, 0.05) is 44.8 Å². The van der Waals surface area contributed by atoms with E-state index in [0.29, 0.717) is 24.6 Å². The van der Waals surface area contributed by atoms with Crippen molar-refractivity contribution in [2.45, 2.75) is 18.9 Å². The fraction of sp³-hybridized carbons (Fsp3) is 0.562. The van der Waals surface area contributed by atoms with Crippen LogP contribution in [0.1, 0.15) is 23.3 Å². The van der Waals surface area contributed by atoms with Crippen LogP contribution >= 0.6 is 0 Å². The Morgan fingerprint density at radius 1 is 1.43 bits per heavy atom. The third-order valence-corrected chi connectivity index (χ3v) is 4.01. The van der Waals surface area contributed by atoms with Crippen LogP contribution in [0.3, 0.4) is 0 Å². The topological polar surface area (TPSA) is 63.0 Å². The van der Waals surface area contributed by atoms with Crippen molar-refractivity contribution in [3.05, 3.63) is 30.4 Å².